The molecule has 0 bridgehead atoms. The first kappa shape index (κ1) is 19.6. The highest BCUT2D eigenvalue weighted by molar-refractivity contribution is 5.96. The molecule has 4 rings (SSSR count). The highest BCUT2D eigenvalue weighted by atomic mass is 19.3. The third-order valence-electron chi connectivity index (χ3n) is 5.66. The summed E-state index contributed by atoms with van der Waals surface area (Å²) in [4.78, 5) is 2.15. The van der Waals surface area contributed by atoms with E-state index in [1.54, 1.807) is 19.2 Å². The number of halogens is 2. The summed E-state index contributed by atoms with van der Waals surface area (Å²) in [5.41, 5.74) is 0.416. The molecule has 154 valence electrons. The van der Waals surface area contributed by atoms with Crippen LogP contribution in [0.4, 0.5) is 14.5 Å². The number of anilines is 1. The molecule has 0 fully saturated rings. The van der Waals surface area contributed by atoms with Crippen molar-refractivity contribution in [3.05, 3.63) is 54.1 Å². The van der Waals surface area contributed by atoms with Crippen LogP contribution in [0.15, 0.2) is 48.5 Å². The number of nitrogens with zero attached hydrogens (tertiary/aromatic N) is 2. The van der Waals surface area contributed by atoms with E-state index in [1.165, 1.54) is 12.1 Å². The van der Waals surface area contributed by atoms with Gasteiger partial charge in [0, 0.05) is 12.0 Å². The zero-order chi connectivity index (χ0) is 20.4. The number of aliphatic hydroxyl groups is 1. The van der Waals surface area contributed by atoms with Crippen molar-refractivity contribution in [2.45, 2.75) is 38.0 Å². The monoisotopic (exact) mass is 403 g/mol. The number of ether oxygens (including phenoxy) is 2. The van der Waals surface area contributed by atoms with Gasteiger partial charge < -0.3 is 14.6 Å². The molecular formula is C22H25F2N2O3+. The second-order valence-corrected chi connectivity index (χ2v) is 7.38. The number of β-amino-alcohol motifs (C(OH)–C–C–N with tert-alkyl or cyclic N) is 1. The second kappa shape index (κ2) is 7.99. The van der Waals surface area contributed by atoms with E-state index in [4.69, 9.17) is 4.74 Å². The standard InChI is InChI=1S/C22H25F2N2O3/c1-28-18-12-8-17(9-13-18)25-15-22(27,26-14-4-2-3-5-20(25)26)16-6-10-19(11-7-16)29-21(23)24/h6-13,21,27H,2-5,14-15H2,1H3/q+1/t22-/m0/s1. The van der Waals surface area contributed by atoms with Crippen molar-refractivity contribution in [1.29, 1.82) is 0 Å². The molecule has 2 aromatic carbocycles. The van der Waals surface area contributed by atoms with E-state index in [0.29, 0.717) is 12.1 Å². The van der Waals surface area contributed by atoms with E-state index in [9.17, 15) is 13.9 Å². The summed E-state index contributed by atoms with van der Waals surface area (Å²) in [6, 6.07) is 14.1. The Kier molecular flexibility index (Phi) is 5.41. The van der Waals surface area contributed by atoms with Gasteiger partial charge in [0.15, 0.2) is 6.54 Å². The SMILES string of the molecule is COc1ccc(N2C[C@](O)(c3ccc(OC(F)F)cc3)[N+]3=C2CCCCC3)cc1. The van der Waals surface area contributed by atoms with Gasteiger partial charge in [0.25, 0.3) is 11.6 Å². The zero-order valence-electron chi connectivity index (χ0n) is 16.4. The average Bonchev–Trinajstić information content (AvgIpc) is 2.87. The zero-order valence-corrected chi connectivity index (χ0v) is 16.4. The number of hydrogen-bond acceptors (Lipinski definition) is 4. The molecule has 7 heteroatoms. The Morgan fingerprint density at radius 1 is 1.00 bits per heavy atom. The van der Waals surface area contributed by atoms with E-state index in [1.807, 2.05) is 24.3 Å². The van der Waals surface area contributed by atoms with Crippen LogP contribution in [-0.2, 0) is 5.72 Å². The van der Waals surface area contributed by atoms with Crippen molar-refractivity contribution in [2.75, 3.05) is 25.1 Å². The quantitative estimate of drug-likeness (QED) is 0.768. The van der Waals surface area contributed by atoms with Crippen LogP contribution in [0.5, 0.6) is 11.5 Å². The lowest BCUT2D eigenvalue weighted by Gasteiger charge is -2.23. The fourth-order valence-corrected chi connectivity index (χ4v) is 4.22. The molecule has 2 aliphatic heterocycles. The first-order valence-electron chi connectivity index (χ1n) is 9.84. The van der Waals surface area contributed by atoms with Crippen LogP contribution < -0.4 is 14.4 Å². The number of methoxy groups -OCH3 is 1. The fourth-order valence-electron chi connectivity index (χ4n) is 4.22. The Labute approximate surface area is 168 Å². The number of alkyl halides is 2. The number of rotatable bonds is 5. The molecular weight excluding hydrogens is 378 g/mol. The summed E-state index contributed by atoms with van der Waals surface area (Å²) in [5.74, 6) is 1.95. The van der Waals surface area contributed by atoms with Crippen molar-refractivity contribution in [3.63, 3.8) is 0 Å². The topological polar surface area (TPSA) is 44.9 Å². The summed E-state index contributed by atoms with van der Waals surface area (Å²) in [6.45, 7) is -1.76. The normalized spacial score (nSPS) is 21.9. The van der Waals surface area contributed by atoms with Crippen LogP contribution in [0.25, 0.3) is 0 Å². The van der Waals surface area contributed by atoms with Gasteiger partial charge in [-0.1, -0.05) is 0 Å². The van der Waals surface area contributed by atoms with Gasteiger partial charge in [0.2, 0.25) is 0 Å². The maximum atomic E-state index is 12.5. The highest BCUT2D eigenvalue weighted by Gasteiger charge is 2.51. The summed E-state index contributed by atoms with van der Waals surface area (Å²) < 4.78 is 36.7. The smallest absolute Gasteiger partial charge is 0.387 e. The molecule has 0 aliphatic carbocycles. The summed E-state index contributed by atoms with van der Waals surface area (Å²) in [7, 11) is 1.63. The fraction of sp³-hybridized carbons (Fsp3) is 0.409. The van der Waals surface area contributed by atoms with Crippen molar-refractivity contribution >= 4 is 11.5 Å². The minimum Gasteiger partial charge on any atom is -0.497 e. The molecule has 0 amide bonds. The molecule has 0 saturated heterocycles. The van der Waals surface area contributed by atoms with Gasteiger partial charge in [0.05, 0.1) is 13.7 Å². The van der Waals surface area contributed by atoms with Gasteiger partial charge in [-0.15, -0.1) is 0 Å². The largest absolute Gasteiger partial charge is 0.497 e. The maximum absolute atomic E-state index is 12.5. The average molecular weight is 403 g/mol. The van der Waals surface area contributed by atoms with Crippen molar-refractivity contribution in [2.24, 2.45) is 0 Å². The lowest BCUT2D eigenvalue weighted by molar-refractivity contribution is -0.658. The van der Waals surface area contributed by atoms with E-state index in [-0.39, 0.29) is 5.75 Å². The van der Waals surface area contributed by atoms with Crippen LogP contribution in [0.3, 0.4) is 0 Å². The minimum absolute atomic E-state index is 0.0810. The van der Waals surface area contributed by atoms with Gasteiger partial charge in [0.1, 0.15) is 17.2 Å². The molecule has 1 atom stereocenters. The molecule has 2 heterocycles. The molecule has 0 radical (unpaired) electrons. The van der Waals surface area contributed by atoms with E-state index < -0.39 is 12.3 Å². The van der Waals surface area contributed by atoms with Gasteiger partial charge in [-0.25, -0.2) is 9.48 Å². The van der Waals surface area contributed by atoms with Crippen LogP contribution >= 0.6 is 0 Å². The van der Waals surface area contributed by atoms with Crippen molar-refractivity contribution in [3.8, 4) is 11.5 Å². The lowest BCUT2D eigenvalue weighted by atomic mass is 10.0. The Hall–Kier alpha value is -2.67. The molecule has 0 unspecified atom stereocenters. The number of hydrogen-bond donors (Lipinski definition) is 1. The summed E-state index contributed by atoms with van der Waals surface area (Å²) in [6.07, 6.45) is 4.04. The third kappa shape index (κ3) is 3.79. The van der Waals surface area contributed by atoms with Gasteiger partial charge in [-0.3, -0.25) is 0 Å². The number of benzene rings is 2. The lowest BCUT2D eigenvalue weighted by Crippen LogP contribution is -2.41. The molecule has 0 spiro atoms. The molecule has 0 aromatic heterocycles. The second-order valence-electron chi connectivity index (χ2n) is 7.38. The summed E-state index contributed by atoms with van der Waals surface area (Å²) >= 11 is 0. The molecule has 1 N–H and O–H groups in total. The highest BCUT2D eigenvalue weighted by Crippen LogP contribution is 2.36. The van der Waals surface area contributed by atoms with Crippen molar-refractivity contribution in [1.82, 2.24) is 0 Å². The summed E-state index contributed by atoms with van der Waals surface area (Å²) in [5, 5.41) is 11.7. The Bertz CT molecular complexity index is 884. The van der Waals surface area contributed by atoms with E-state index in [0.717, 1.165) is 49.5 Å². The molecule has 0 saturated carbocycles. The predicted molar refractivity (Wildman–Crippen MR) is 106 cm³/mol. The Morgan fingerprint density at radius 3 is 2.34 bits per heavy atom. The molecule has 29 heavy (non-hydrogen) atoms. The van der Waals surface area contributed by atoms with E-state index in [2.05, 4.69) is 14.2 Å². The van der Waals surface area contributed by atoms with Gasteiger partial charge in [-0.2, -0.15) is 8.78 Å². The van der Waals surface area contributed by atoms with E-state index >= 15 is 0 Å². The van der Waals surface area contributed by atoms with Crippen LogP contribution in [0, 0.1) is 0 Å². The van der Waals surface area contributed by atoms with Crippen molar-refractivity contribution < 1.29 is 27.9 Å². The predicted octanol–water partition coefficient (Wildman–Crippen LogP) is 3.95. The first-order chi connectivity index (χ1) is 14.0. The third-order valence-corrected chi connectivity index (χ3v) is 5.66. The van der Waals surface area contributed by atoms with Gasteiger partial charge in [-0.05, 0) is 67.8 Å². The van der Waals surface area contributed by atoms with Crippen LogP contribution in [-0.4, -0.2) is 42.3 Å². The van der Waals surface area contributed by atoms with Crippen LogP contribution in [0.1, 0.15) is 31.2 Å². The van der Waals surface area contributed by atoms with Gasteiger partial charge >= 0.3 is 6.61 Å². The van der Waals surface area contributed by atoms with Crippen LogP contribution in [0.2, 0.25) is 0 Å². The minimum atomic E-state index is -2.87. The number of amidine groups is 1. The first-order valence-corrected chi connectivity index (χ1v) is 9.84. The Morgan fingerprint density at radius 2 is 1.69 bits per heavy atom. The molecule has 2 aromatic rings. The molecule has 2 aliphatic rings. The maximum Gasteiger partial charge on any atom is 0.387 e. The Balaban J connectivity index is 1.70. The molecule has 5 nitrogen and oxygen atoms in total.